The second kappa shape index (κ2) is 5.26. The second-order valence-corrected chi connectivity index (χ2v) is 4.74. The summed E-state index contributed by atoms with van der Waals surface area (Å²) >= 11 is 0. The number of ketones is 1. The van der Waals surface area contributed by atoms with Crippen LogP contribution in [0.25, 0.3) is 0 Å². The summed E-state index contributed by atoms with van der Waals surface area (Å²) in [5.41, 5.74) is 5.26. The molecule has 0 fully saturated rings. The number of carbonyl (C=O) groups excluding carboxylic acids is 1. The van der Waals surface area contributed by atoms with Crippen LogP contribution in [-0.4, -0.2) is 24.3 Å². The van der Waals surface area contributed by atoms with Gasteiger partial charge in [-0.2, -0.15) is 0 Å². The number of carbonyl (C=O) groups is 1. The third-order valence-electron chi connectivity index (χ3n) is 2.89. The van der Waals surface area contributed by atoms with Gasteiger partial charge < -0.3 is 0 Å². The van der Waals surface area contributed by atoms with E-state index in [0.717, 1.165) is 6.54 Å². The molecule has 88 valence electrons. The van der Waals surface area contributed by atoms with Crippen LogP contribution >= 0.6 is 0 Å². The highest BCUT2D eigenvalue weighted by atomic mass is 16.1. The van der Waals surface area contributed by atoms with E-state index in [1.165, 1.54) is 22.3 Å². The fraction of sp³-hybridized carbons (Fsp3) is 0.500. The van der Waals surface area contributed by atoms with E-state index < -0.39 is 0 Å². The molecular weight excluding hydrogens is 198 g/mol. The summed E-state index contributed by atoms with van der Waals surface area (Å²) in [7, 11) is 1.98. The van der Waals surface area contributed by atoms with Crippen LogP contribution in [0.15, 0.2) is 12.1 Å². The molecule has 0 aromatic heterocycles. The van der Waals surface area contributed by atoms with Gasteiger partial charge in [-0.05, 0) is 57.0 Å². The topological polar surface area (TPSA) is 20.3 Å². The van der Waals surface area contributed by atoms with Gasteiger partial charge in [-0.15, -0.1) is 0 Å². The van der Waals surface area contributed by atoms with E-state index >= 15 is 0 Å². The summed E-state index contributed by atoms with van der Waals surface area (Å²) in [5, 5.41) is 0. The molecule has 0 N–H and O–H groups in total. The summed E-state index contributed by atoms with van der Waals surface area (Å²) in [6.07, 6.45) is 0. The fourth-order valence-corrected chi connectivity index (χ4v) is 1.92. The van der Waals surface area contributed by atoms with Gasteiger partial charge in [-0.25, -0.2) is 0 Å². The van der Waals surface area contributed by atoms with Crippen LogP contribution in [0.5, 0.6) is 0 Å². The van der Waals surface area contributed by atoms with Crippen LogP contribution in [0.2, 0.25) is 0 Å². The first-order chi connectivity index (χ1) is 7.40. The molecule has 1 aromatic carbocycles. The zero-order valence-electron chi connectivity index (χ0n) is 10.9. The lowest BCUT2D eigenvalue weighted by molar-refractivity contribution is -0.117. The minimum atomic E-state index is 0.212. The minimum Gasteiger partial charge on any atom is -0.299 e. The van der Waals surface area contributed by atoms with Gasteiger partial charge in [0.15, 0.2) is 0 Å². The Morgan fingerprint density at radius 2 is 1.69 bits per heavy atom. The summed E-state index contributed by atoms with van der Waals surface area (Å²) in [5.74, 6) is 0.212. The smallest absolute Gasteiger partial charge is 0.143 e. The first-order valence-electron chi connectivity index (χ1n) is 5.65. The molecule has 0 amide bonds. The van der Waals surface area contributed by atoms with E-state index in [2.05, 4.69) is 37.8 Å². The molecular formula is C14H21NO. The molecule has 16 heavy (non-hydrogen) atoms. The lowest BCUT2D eigenvalue weighted by atomic mass is 10.0. The van der Waals surface area contributed by atoms with E-state index in [-0.39, 0.29) is 5.78 Å². The highest BCUT2D eigenvalue weighted by Gasteiger charge is 2.06. The molecule has 1 aromatic rings. The molecule has 2 nitrogen and oxygen atoms in total. The number of hydrogen-bond donors (Lipinski definition) is 0. The van der Waals surface area contributed by atoms with Crippen LogP contribution in [0.4, 0.5) is 0 Å². The van der Waals surface area contributed by atoms with Gasteiger partial charge in [0.05, 0.1) is 6.54 Å². The number of hydrogen-bond acceptors (Lipinski definition) is 2. The number of Topliss-reactive ketones (excluding diaryl/α,β-unsaturated/α-hetero) is 1. The summed E-state index contributed by atoms with van der Waals surface area (Å²) in [4.78, 5) is 13.1. The predicted molar refractivity (Wildman–Crippen MR) is 67.7 cm³/mol. The van der Waals surface area contributed by atoms with Crippen molar-refractivity contribution in [3.8, 4) is 0 Å². The zero-order valence-corrected chi connectivity index (χ0v) is 10.9. The Bertz CT molecular complexity index is 396. The lowest BCUT2D eigenvalue weighted by Gasteiger charge is -2.17. The Hall–Kier alpha value is -1.15. The van der Waals surface area contributed by atoms with E-state index in [1.807, 2.05) is 7.05 Å². The second-order valence-electron chi connectivity index (χ2n) is 4.74. The molecule has 0 radical (unpaired) electrons. The molecule has 0 saturated heterocycles. The Kier molecular flexibility index (Phi) is 4.25. The van der Waals surface area contributed by atoms with Crippen LogP contribution in [0.1, 0.15) is 29.2 Å². The Morgan fingerprint density at radius 3 is 2.25 bits per heavy atom. The zero-order chi connectivity index (χ0) is 12.3. The number of nitrogens with zero attached hydrogens (tertiary/aromatic N) is 1. The quantitative estimate of drug-likeness (QED) is 0.776. The van der Waals surface area contributed by atoms with Gasteiger partial charge in [0.1, 0.15) is 5.78 Å². The maximum absolute atomic E-state index is 11.0. The van der Waals surface area contributed by atoms with Crippen molar-refractivity contribution in [1.29, 1.82) is 0 Å². The number of benzene rings is 1. The molecule has 0 heterocycles. The summed E-state index contributed by atoms with van der Waals surface area (Å²) in [6.45, 7) is 9.38. The Labute approximate surface area is 98.3 Å². The average molecular weight is 219 g/mol. The van der Waals surface area contributed by atoms with E-state index in [1.54, 1.807) is 6.92 Å². The Morgan fingerprint density at radius 1 is 1.12 bits per heavy atom. The average Bonchev–Trinajstić information content (AvgIpc) is 2.12. The summed E-state index contributed by atoms with van der Waals surface area (Å²) < 4.78 is 0. The van der Waals surface area contributed by atoms with Crippen molar-refractivity contribution >= 4 is 5.78 Å². The van der Waals surface area contributed by atoms with E-state index in [4.69, 9.17) is 0 Å². The predicted octanol–water partition coefficient (Wildman–Crippen LogP) is 2.63. The molecule has 0 unspecified atom stereocenters. The van der Waals surface area contributed by atoms with Gasteiger partial charge in [0.25, 0.3) is 0 Å². The van der Waals surface area contributed by atoms with Gasteiger partial charge in [-0.3, -0.25) is 9.69 Å². The fourth-order valence-electron chi connectivity index (χ4n) is 1.92. The van der Waals surface area contributed by atoms with Crippen molar-refractivity contribution in [3.63, 3.8) is 0 Å². The third-order valence-corrected chi connectivity index (χ3v) is 2.89. The molecule has 1 rings (SSSR count). The molecule has 0 atom stereocenters. The number of aryl methyl sites for hydroxylation is 3. The third kappa shape index (κ3) is 3.46. The van der Waals surface area contributed by atoms with E-state index in [0.29, 0.717) is 6.54 Å². The van der Waals surface area contributed by atoms with E-state index in [9.17, 15) is 4.79 Å². The highest BCUT2D eigenvalue weighted by molar-refractivity contribution is 5.77. The summed E-state index contributed by atoms with van der Waals surface area (Å²) in [6, 6.07) is 4.44. The first-order valence-corrected chi connectivity index (χ1v) is 5.65. The van der Waals surface area contributed by atoms with Crippen molar-refractivity contribution in [3.05, 3.63) is 34.4 Å². The normalized spacial score (nSPS) is 10.9. The van der Waals surface area contributed by atoms with Crippen LogP contribution in [0, 0.1) is 20.8 Å². The Balaban J connectivity index is 2.81. The molecule has 0 aliphatic rings. The van der Waals surface area contributed by atoms with Gasteiger partial charge >= 0.3 is 0 Å². The van der Waals surface area contributed by atoms with Gasteiger partial charge in [0, 0.05) is 6.54 Å². The molecule has 0 bridgehead atoms. The SMILES string of the molecule is CC(=O)CN(C)Cc1cc(C)c(C)cc1C. The molecule has 0 spiro atoms. The lowest BCUT2D eigenvalue weighted by Crippen LogP contribution is -2.24. The molecule has 0 saturated carbocycles. The van der Waals surface area contributed by atoms with Crippen molar-refractivity contribution in [2.75, 3.05) is 13.6 Å². The largest absolute Gasteiger partial charge is 0.299 e. The van der Waals surface area contributed by atoms with Gasteiger partial charge in [0.2, 0.25) is 0 Å². The maximum atomic E-state index is 11.0. The highest BCUT2D eigenvalue weighted by Crippen LogP contribution is 2.16. The minimum absolute atomic E-state index is 0.212. The van der Waals surface area contributed by atoms with Gasteiger partial charge in [-0.1, -0.05) is 12.1 Å². The van der Waals surface area contributed by atoms with Crippen LogP contribution in [0.3, 0.4) is 0 Å². The van der Waals surface area contributed by atoms with Crippen LogP contribution < -0.4 is 0 Å². The maximum Gasteiger partial charge on any atom is 0.143 e. The molecule has 0 aliphatic heterocycles. The first kappa shape index (κ1) is 12.9. The number of rotatable bonds is 4. The van der Waals surface area contributed by atoms with Crippen LogP contribution in [-0.2, 0) is 11.3 Å². The molecule has 2 heteroatoms. The van der Waals surface area contributed by atoms with Crippen molar-refractivity contribution in [2.45, 2.75) is 34.2 Å². The standard InChI is InChI=1S/C14H21NO/c1-10-6-12(3)14(7-11(10)2)9-15(5)8-13(4)16/h6-7H,8-9H2,1-5H3. The number of likely N-dealkylation sites (N-methyl/N-ethyl adjacent to an activating group) is 1. The monoisotopic (exact) mass is 219 g/mol. The van der Waals surface area contributed by atoms with Crippen molar-refractivity contribution in [1.82, 2.24) is 4.90 Å². The van der Waals surface area contributed by atoms with Crippen molar-refractivity contribution in [2.24, 2.45) is 0 Å². The van der Waals surface area contributed by atoms with Crippen molar-refractivity contribution < 1.29 is 4.79 Å². The molecule has 0 aliphatic carbocycles.